The van der Waals surface area contributed by atoms with Gasteiger partial charge in [0, 0.05) is 0 Å². The number of aryl methyl sites for hydroxylation is 1. The van der Waals surface area contributed by atoms with E-state index >= 15 is 0 Å². The van der Waals surface area contributed by atoms with Crippen LogP contribution in [0.5, 0.6) is 5.75 Å². The Labute approximate surface area is 82.3 Å². The van der Waals surface area contributed by atoms with Gasteiger partial charge in [0.05, 0.1) is 7.11 Å². The topological polar surface area (TPSA) is 72.5 Å². The maximum atomic E-state index is 11.1. The van der Waals surface area contributed by atoms with E-state index < -0.39 is 12.0 Å². The predicted molar refractivity (Wildman–Crippen MR) is 51.8 cm³/mol. The second-order valence-electron chi connectivity index (χ2n) is 3.05. The molecule has 1 atom stereocenters. The molecule has 0 aromatic heterocycles. The summed E-state index contributed by atoms with van der Waals surface area (Å²) in [5.41, 5.74) is 6.93. The smallest absolute Gasteiger partial charge is 0.327 e. The Bertz CT molecular complexity index is 349. The van der Waals surface area contributed by atoms with Crippen LogP contribution in [0.25, 0.3) is 0 Å². The Kier molecular flexibility index (Phi) is 3.09. The van der Waals surface area contributed by atoms with Crippen molar-refractivity contribution in [2.75, 3.05) is 7.11 Å². The SMILES string of the molecule is COC(=O)[C@@H](N)c1ccc(O)c(C)c1. The molecule has 0 saturated heterocycles. The summed E-state index contributed by atoms with van der Waals surface area (Å²) in [6, 6.07) is 3.98. The average Bonchev–Trinajstić information content (AvgIpc) is 2.20. The highest BCUT2D eigenvalue weighted by Gasteiger charge is 2.16. The van der Waals surface area contributed by atoms with Crippen molar-refractivity contribution in [1.82, 2.24) is 0 Å². The molecule has 4 nitrogen and oxygen atoms in total. The van der Waals surface area contributed by atoms with Crippen LogP contribution in [0.1, 0.15) is 17.2 Å². The zero-order chi connectivity index (χ0) is 10.7. The molecule has 0 unspecified atom stereocenters. The van der Waals surface area contributed by atoms with Crippen LogP contribution < -0.4 is 5.73 Å². The molecule has 3 N–H and O–H groups in total. The zero-order valence-electron chi connectivity index (χ0n) is 8.15. The number of phenols is 1. The molecule has 76 valence electrons. The molecule has 0 bridgehead atoms. The van der Waals surface area contributed by atoms with Gasteiger partial charge in [-0.3, -0.25) is 4.79 Å². The molecule has 0 radical (unpaired) electrons. The molecule has 0 aliphatic heterocycles. The number of hydrogen-bond acceptors (Lipinski definition) is 4. The molecule has 14 heavy (non-hydrogen) atoms. The number of carbonyl (C=O) groups excluding carboxylic acids is 1. The highest BCUT2D eigenvalue weighted by Crippen LogP contribution is 2.20. The van der Waals surface area contributed by atoms with E-state index in [2.05, 4.69) is 4.74 Å². The van der Waals surface area contributed by atoms with Gasteiger partial charge in [-0.25, -0.2) is 0 Å². The fourth-order valence-corrected chi connectivity index (χ4v) is 1.14. The van der Waals surface area contributed by atoms with Gasteiger partial charge in [-0.1, -0.05) is 12.1 Å². The molecule has 0 saturated carbocycles. The molecule has 0 spiro atoms. The van der Waals surface area contributed by atoms with E-state index in [1.807, 2.05) is 0 Å². The standard InChI is InChI=1S/C10H13NO3/c1-6-5-7(3-4-8(6)12)9(11)10(13)14-2/h3-5,9,12H,11H2,1-2H3/t9-/m0/s1. The van der Waals surface area contributed by atoms with E-state index in [0.717, 1.165) is 0 Å². The number of ether oxygens (including phenoxy) is 1. The van der Waals surface area contributed by atoms with E-state index in [9.17, 15) is 9.90 Å². The number of hydrogen-bond donors (Lipinski definition) is 2. The molecule has 0 aliphatic rings. The summed E-state index contributed by atoms with van der Waals surface area (Å²) in [7, 11) is 1.29. The quantitative estimate of drug-likeness (QED) is 0.687. The van der Waals surface area contributed by atoms with E-state index in [-0.39, 0.29) is 5.75 Å². The minimum absolute atomic E-state index is 0.186. The number of phenolic OH excluding ortho intramolecular Hbond substituents is 1. The van der Waals surface area contributed by atoms with Crippen molar-refractivity contribution in [2.24, 2.45) is 5.73 Å². The van der Waals surface area contributed by atoms with Crippen LogP contribution >= 0.6 is 0 Å². The van der Waals surface area contributed by atoms with Gasteiger partial charge in [-0.2, -0.15) is 0 Å². The first kappa shape index (κ1) is 10.5. The normalized spacial score (nSPS) is 12.2. The molecule has 4 heteroatoms. The van der Waals surface area contributed by atoms with E-state index in [4.69, 9.17) is 5.73 Å². The predicted octanol–water partition coefficient (Wildman–Crippen LogP) is 0.873. The summed E-state index contributed by atoms with van der Waals surface area (Å²) in [6.07, 6.45) is 0. The third-order valence-electron chi connectivity index (χ3n) is 2.04. The lowest BCUT2D eigenvalue weighted by atomic mass is 10.0. The molecule has 1 aromatic carbocycles. The summed E-state index contributed by atoms with van der Waals surface area (Å²) in [6.45, 7) is 1.74. The summed E-state index contributed by atoms with van der Waals surface area (Å²) in [5, 5.41) is 9.26. The lowest BCUT2D eigenvalue weighted by molar-refractivity contribution is -0.142. The first-order valence-corrected chi connectivity index (χ1v) is 4.19. The molecule has 0 amide bonds. The number of aromatic hydroxyl groups is 1. The fraction of sp³-hybridized carbons (Fsp3) is 0.300. The second kappa shape index (κ2) is 4.11. The second-order valence-corrected chi connectivity index (χ2v) is 3.05. The van der Waals surface area contributed by atoms with Crippen molar-refractivity contribution in [3.05, 3.63) is 29.3 Å². The molecular weight excluding hydrogens is 182 g/mol. The van der Waals surface area contributed by atoms with Gasteiger partial charge in [0.1, 0.15) is 11.8 Å². The Hall–Kier alpha value is -1.55. The third kappa shape index (κ3) is 2.03. The van der Waals surface area contributed by atoms with Gasteiger partial charge >= 0.3 is 5.97 Å². The van der Waals surface area contributed by atoms with Gasteiger partial charge in [-0.15, -0.1) is 0 Å². The molecule has 0 heterocycles. The Morgan fingerprint density at radius 2 is 2.21 bits per heavy atom. The van der Waals surface area contributed by atoms with Crippen LogP contribution in [-0.2, 0) is 9.53 Å². The Morgan fingerprint density at radius 1 is 1.57 bits per heavy atom. The van der Waals surface area contributed by atoms with Crippen LogP contribution in [-0.4, -0.2) is 18.2 Å². The lowest BCUT2D eigenvalue weighted by Gasteiger charge is -2.10. The van der Waals surface area contributed by atoms with Crippen LogP contribution in [0.15, 0.2) is 18.2 Å². The van der Waals surface area contributed by atoms with E-state index in [0.29, 0.717) is 11.1 Å². The summed E-state index contributed by atoms with van der Waals surface area (Å²) in [5.74, 6) is -0.305. The van der Waals surface area contributed by atoms with E-state index in [1.54, 1.807) is 19.1 Å². The van der Waals surface area contributed by atoms with Crippen molar-refractivity contribution in [2.45, 2.75) is 13.0 Å². The van der Waals surface area contributed by atoms with Crippen molar-refractivity contribution in [3.63, 3.8) is 0 Å². The first-order valence-electron chi connectivity index (χ1n) is 4.19. The van der Waals surface area contributed by atoms with Gasteiger partial charge < -0.3 is 15.6 Å². The highest BCUT2D eigenvalue weighted by molar-refractivity contribution is 5.77. The zero-order valence-corrected chi connectivity index (χ0v) is 8.15. The number of rotatable bonds is 2. The van der Waals surface area contributed by atoms with Crippen LogP contribution in [0, 0.1) is 6.92 Å². The average molecular weight is 195 g/mol. The molecule has 0 aliphatic carbocycles. The van der Waals surface area contributed by atoms with E-state index in [1.165, 1.54) is 13.2 Å². The highest BCUT2D eigenvalue weighted by atomic mass is 16.5. The summed E-state index contributed by atoms with van der Waals surface area (Å²) in [4.78, 5) is 11.1. The Balaban J connectivity index is 2.96. The number of nitrogens with two attached hydrogens (primary N) is 1. The maximum absolute atomic E-state index is 11.1. The molecule has 1 aromatic rings. The van der Waals surface area contributed by atoms with Crippen molar-refractivity contribution < 1.29 is 14.6 Å². The van der Waals surface area contributed by atoms with Crippen molar-refractivity contribution in [1.29, 1.82) is 0 Å². The summed E-state index contributed by atoms with van der Waals surface area (Å²) < 4.78 is 4.51. The van der Waals surface area contributed by atoms with Crippen LogP contribution in [0.2, 0.25) is 0 Å². The number of methoxy groups -OCH3 is 1. The largest absolute Gasteiger partial charge is 0.508 e. The Morgan fingerprint density at radius 3 is 2.71 bits per heavy atom. The summed E-state index contributed by atoms with van der Waals surface area (Å²) >= 11 is 0. The molecular formula is C10H13NO3. The minimum atomic E-state index is -0.792. The number of carbonyl (C=O) groups is 1. The monoisotopic (exact) mass is 195 g/mol. The fourth-order valence-electron chi connectivity index (χ4n) is 1.14. The van der Waals surface area contributed by atoms with Crippen molar-refractivity contribution in [3.8, 4) is 5.75 Å². The molecule has 1 rings (SSSR count). The van der Waals surface area contributed by atoms with Crippen LogP contribution in [0.4, 0.5) is 0 Å². The van der Waals surface area contributed by atoms with Gasteiger partial charge in [0.25, 0.3) is 0 Å². The lowest BCUT2D eigenvalue weighted by Crippen LogP contribution is -2.22. The third-order valence-corrected chi connectivity index (χ3v) is 2.04. The van der Waals surface area contributed by atoms with Gasteiger partial charge in [-0.05, 0) is 24.1 Å². The maximum Gasteiger partial charge on any atom is 0.327 e. The minimum Gasteiger partial charge on any atom is -0.508 e. The van der Waals surface area contributed by atoms with Gasteiger partial charge in [0.2, 0.25) is 0 Å². The van der Waals surface area contributed by atoms with Crippen LogP contribution in [0.3, 0.4) is 0 Å². The molecule has 0 fully saturated rings. The van der Waals surface area contributed by atoms with Crippen molar-refractivity contribution >= 4 is 5.97 Å². The number of esters is 1. The van der Waals surface area contributed by atoms with Gasteiger partial charge in [0.15, 0.2) is 0 Å². The number of benzene rings is 1. The first-order chi connectivity index (χ1) is 6.56.